The van der Waals surface area contributed by atoms with E-state index >= 15 is 0 Å². The van der Waals surface area contributed by atoms with Gasteiger partial charge in [-0.2, -0.15) is 11.8 Å². The molecule has 21 heavy (non-hydrogen) atoms. The van der Waals surface area contributed by atoms with Crippen LogP contribution in [-0.4, -0.2) is 18.1 Å². The summed E-state index contributed by atoms with van der Waals surface area (Å²) < 4.78 is 0. The third-order valence-electron chi connectivity index (χ3n) is 3.78. The van der Waals surface area contributed by atoms with Crippen LogP contribution in [0.15, 0.2) is 60.7 Å². The van der Waals surface area contributed by atoms with Gasteiger partial charge in [0.05, 0.1) is 0 Å². The summed E-state index contributed by atoms with van der Waals surface area (Å²) >= 11 is 1.92. The van der Waals surface area contributed by atoms with E-state index < -0.39 is 0 Å². The molecule has 0 aliphatic carbocycles. The number of nitrogens with one attached hydrogen (secondary N) is 1. The monoisotopic (exact) mass is 299 g/mol. The highest BCUT2D eigenvalue weighted by atomic mass is 32.2. The fourth-order valence-electron chi connectivity index (χ4n) is 2.58. The van der Waals surface area contributed by atoms with Crippen LogP contribution in [0.3, 0.4) is 0 Å². The number of hydrogen-bond donors (Lipinski definition) is 1. The van der Waals surface area contributed by atoms with Crippen LogP contribution >= 0.6 is 11.8 Å². The molecule has 1 nitrogen and oxygen atoms in total. The standard InChI is InChI=1S/C19H25NS/c1-3-18(15-21-2)20-19(17-12-8-5-9-13-17)14-16-10-6-4-7-11-16/h4-13,18-20H,3,14-15H2,1-2H3. The number of hydrogen-bond acceptors (Lipinski definition) is 2. The van der Waals surface area contributed by atoms with E-state index in [9.17, 15) is 0 Å². The first kappa shape index (κ1) is 16.1. The molecule has 0 aliphatic heterocycles. The van der Waals surface area contributed by atoms with E-state index in [4.69, 9.17) is 0 Å². The molecule has 2 aromatic carbocycles. The first-order valence-corrected chi connectivity index (χ1v) is 9.06. The molecule has 0 fully saturated rings. The molecule has 0 spiro atoms. The van der Waals surface area contributed by atoms with Crippen LogP contribution < -0.4 is 5.32 Å². The molecule has 112 valence electrons. The van der Waals surface area contributed by atoms with E-state index in [0.717, 1.165) is 12.2 Å². The number of benzene rings is 2. The summed E-state index contributed by atoms with van der Waals surface area (Å²) in [4.78, 5) is 0. The van der Waals surface area contributed by atoms with Gasteiger partial charge in [0.1, 0.15) is 0 Å². The van der Waals surface area contributed by atoms with Crippen LogP contribution in [0.5, 0.6) is 0 Å². The lowest BCUT2D eigenvalue weighted by Crippen LogP contribution is -2.35. The maximum atomic E-state index is 3.85. The van der Waals surface area contributed by atoms with Crippen molar-refractivity contribution in [1.82, 2.24) is 5.32 Å². The Morgan fingerprint density at radius 1 is 0.952 bits per heavy atom. The van der Waals surface area contributed by atoms with Crippen LogP contribution in [-0.2, 0) is 6.42 Å². The number of thioether (sulfide) groups is 1. The summed E-state index contributed by atoms with van der Waals surface area (Å²) in [5, 5.41) is 3.85. The molecular formula is C19H25NS. The van der Waals surface area contributed by atoms with Crippen LogP contribution in [0.1, 0.15) is 30.5 Å². The molecule has 0 amide bonds. The lowest BCUT2D eigenvalue weighted by molar-refractivity contribution is 0.449. The minimum atomic E-state index is 0.380. The molecule has 1 N–H and O–H groups in total. The van der Waals surface area contributed by atoms with Crippen molar-refractivity contribution in [3.63, 3.8) is 0 Å². The molecule has 0 heterocycles. The molecule has 2 atom stereocenters. The highest BCUT2D eigenvalue weighted by Gasteiger charge is 2.16. The summed E-state index contributed by atoms with van der Waals surface area (Å²) in [6.45, 7) is 2.26. The quantitative estimate of drug-likeness (QED) is 0.758. The Labute approximate surface area is 133 Å². The second-order valence-electron chi connectivity index (χ2n) is 5.38. The van der Waals surface area contributed by atoms with E-state index in [1.165, 1.54) is 17.5 Å². The van der Waals surface area contributed by atoms with Gasteiger partial charge in [-0.3, -0.25) is 0 Å². The predicted molar refractivity (Wildman–Crippen MR) is 94.9 cm³/mol. The van der Waals surface area contributed by atoms with Gasteiger partial charge in [-0.05, 0) is 30.2 Å². The maximum absolute atomic E-state index is 3.85. The van der Waals surface area contributed by atoms with Gasteiger partial charge in [0.15, 0.2) is 0 Å². The fraction of sp³-hybridized carbons (Fsp3) is 0.368. The van der Waals surface area contributed by atoms with Crippen LogP contribution in [0, 0.1) is 0 Å². The van der Waals surface area contributed by atoms with E-state index in [1.807, 2.05) is 11.8 Å². The Balaban J connectivity index is 2.14. The van der Waals surface area contributed by atoms with Crippen LogP contribution in [0.25, 0.3) is 0 Å². The van der Waals surface area contributed by atoms with Crippen molar-refractivity contribution in [3.8, 4) is 0 Å². The topological polar surface area (TPSA) is 12.0 Å². The lowest BCUT2D eigenvalue weighted by atomic mass is 9.98. The average molecular weight is 299 g/mol. The summed E-state index contributed by atoms with van der Waals surface area (Å²) in [6, 6.07) is 22.5. The molecule has 0 bridgehead atoms. The van der Waals surface area contributed by atoms with Crippen molar-refractivity contribution in [2.24, 2.45) is 0 Å². The zero-order valence-electron chi connectivity index (χ0n) is 13.0. The Morgan fingerprint density at radius 3 is 2.14 bits per heavy atom. The molecule has 2 rings (SSSR count). The van der Waals surface area contributed by atoms with Gasteiger partial charge in [-0.15, -0.1) is 0 Å². The van der Waals surface area contributed by atoms with Gasteiger partial charge in [-0.25, -0.2) is 0 Å². The van der Waals surface area contributed by atoms with Gasteiger partial charge >= 0.3 is 0 Å². The van der Waals surface area contributed by atoms with Crippen LogP contribution in [0.2, 0.25) is 0 Å². The average Bonchev–Trinajstić information content (AvgIpc) is 2.55. The van der Waals surface area contributed by atoms with Crippen molar-refractivity contribution >= 4 is 11.8 Å². The molecule has 0 aromatic heterocycles. The van der Waals surface area contributed by atoms with Crippen molar-refractivity contribution in [2.45, 2.75) is 31.8 Å². The van der Waals surface area contributed by atoms with E-state index in [1.54, 1.807) is 0 Å². The third kappa shape index (κ3) is 5.22. The summed E-state index contributed by atoms with van der Waals surface area (Å²) in [6.07, 6.45) is 4.38. The Kier molecular flexibility index (Phi) is 6.84. The van der Waals surface area contributed by atoms with Gasteiger partial charge < -0.3 is 5.32 Å². The van der Waals surface area contributed by atoms with Crippen molar-refractivity contribution < 1.29 is 0 Å². The normalized spacial score (nSPS) is 13.8. The molecule has 0 aliphatic rings. The van der Waals surface area contributed by atoms with Gasteiger partial charge in [0, 0.05) is 17.8 Å². The largest absolute Gasteiger partial charge is 0.306 e. The third-order valence-corrected chi connectivity index (χ3v) is 4.52. The first-order valence-electron chi connectivity index (χ1n) is 7.67. The zero-order chi connectivity index (χ0) is 14.9. The molecule has 0 saturated carbocycles. The van der Waals surface area contributed by atoms with Crippen LogP contribution in [0.4, 0.5) is 0 Å². The van der Waals surface area contributed by atoms with Crippen molar-refractivity contribution in [2.75, 3.05) is 12.0 Å². The van der Waals surface area contributed by atoms with Gasteiger partial charge in [0.2, 0.25) is 0 Å². The smallest absolute Gasteiger partial charge is 0.0363 e. The van der Waals surface area contributed by atoms with Crippen molar-refractivity contribution in [3.05, 3.63) is 71.8 Å². The Hall–Kier alpha value is -1.25. The number of rotatable bonds is 8. The molecule has 2 heteroatoms. The first-order chi connectivity index (χ1) is 10.3. The highest BCUT2D eigenvalue weighted by Crippen LogP contribution is 2.20. The SMILES string of the molecule is CCC(CSC)NC(Cc1ccccc1)c1ccccc1. The second-order valence-corrected chi connectivity index (χ2v) is 6.29. The Morgan fingerprint density at radius 2 is 1.57 bits per heavy atom. The summed E-state index contributed by atoms with van der Waals surface area (Å²) in [7, 11) is 0. The molecule has 0 radical (unpaired) electrons. The summed E-state index contributed by atoms with van der Waals surface area (Å²) in [5.41, 5.74) is 2.76. The predicted octanol–water partition coefficient (Wildman–Crippen LogP) is 4.70. The maximum Gasteiger partial charge on any atom is 0.0363 e. The molecule has 0 saturated heterocycles. The Bertz CT molecular complexity index is 497. The van der Waals surface area contributed by atoms with E-state index in [2.05, 4.69) is 79.2 Å². The zero-order valence-corrected chi connectivity index (χ0v) is 13.8. The fourth-order valence-corrected chi connectivity index (χ4v) is 3.31. The minimum Gasteiger partial charge on any atom is -0.306 e. The van der Waals surface area contributed by atoms with Gasteiger partial charge in [0.25, 0.3) is 0 Å². The molecule has 2 unspecified atom stereocenters. The molecular weight excluding hydrogens is 274 g/mol. The highest BCUT2D eigenvalue weighted by molar-refractivity contribution is 7.98. The lowest BCUT2D eigenvalue weighted by Gasteiger charge is -2.25. The minimum absolute atomic E-state index is 0.380. The molecule has 2 aromatic rings. The van der Waals surface area contributed by atoms with Gasteiger partial charge in [-0.1, -0.05) is 67.6 Å². The van der Waals surface area contributed by atoms with Crippen molar-refractivity contribution in [1.29, 1.82) is 0 Å². The second kappa shape index (κ2) is 8.91. The summed E-state index contributed by atoms with van der Waals surface area (Å²) in [5.74, 6) is 1.16. The van der Waals surface area contributed by atoms with E-state index in [-0.39, 0.29) is 0 Å². The van der Waals surface area contributed by atoms with E-state index in [0.29, 0.717) is 12.1 Å².